The van der Waals surface area contributed by atoms with Gasteiger partial charge in [0.25, 0.3) is 5.89 Å². The Kier molecular flexibility index (Phi) is 6.19. The first kappa shape index (κ1) is 18.1. The summed E-state index contributed by atoms with van der Waals surface area (Å²) >= 11 is 0. The van der Waals surface area contributed by atoms with Crippen molar-refractivity contribution in [2.45, 2.75) is 20.8 Å². The smallest absolute Gasteiger partial charge is 0.294 e. The van der Waals surface area contributed by atoms with Gasteiger partial charge in [-0.25, -0.2) is 4.39 Å². The summed E-state index contributed by atoms with van der Waals surface area (Å²) in [5.74, 6) is 5.59. The molecule has 2 aromatic carbocycles. The Bertz CT molecular complexity index is 919. The van der Waals surface area contributed by atoms with E-state index in [1.54, 1.807) is 36.4 Å². The first-order valence-electron chi connectivity index (χ1n) is 7.84. The molecular weight excluding hydrogens is 319 g/mol. The van der Waals surface area contributed by atoms with E-state index >= 15 is 0 Å². The molecule has 0 fully saturated rings. The molecule has 0 saturated heterocycles. The Hall–Kier alpha value is -3.26. The van der Waals surface area contributed by atoms with E-state index in [-0.39, 0.29) is 17.5 Å². The van der Waals surface area contributed by atoms with Gasteiger partial charge >= 0.3 is 0 Å². The maximum Gasteiger partial charge on any atom is 0.294 e. The molecule has 1 aromatic heterocycles. The van der Waals surface area contributed by atoms with Gasteiger partial charge in [-0.1, -0.05) is 36.9 Å². The van der Waals surface area contributed by atoms with Crippen LogP contribution in [-0.4, -0.2) is 15.9 Å². The lowest BCUT2D eigenvalue weighted by molar-refractivity contribution is 0.0972. The zero-order valence-corrected chi connectivity index (χ0v) is 14.2. The average Bonchev–Trinajstić information content (AvgIpc) is 3.13. The predicted octanol–water partition coefficient (Wildman–Crippen LogP) is 4.50. The first-order valence-corrected chi connectivity index (χ1v) is 7.84. The van der Waals surface area contributed by atoms with Gasteiger partial charge in [0.05, 0.1) is 0 Å². The zero-order valence-electron chi connectivity index (χ0n) is 14.2. The molecule has 0 N–H and O–H groups in total. The van der Waals surface area contributed by atoms with Crippen molar-refractivity contribution in [3.05, 3.63) is 71.4 Å². The van der Waals surface area contributed by atoms with E-state index in [0.717, 1.165) is 11.1 Å². The third-order valence-corrected chi connectivity index (χ3v) is 3.05. The second kappa shape index (κ2) is 8.55. The van der Waals surface area contributed by atoms with Gasteiger partial charge in [0.2, 0.25) is 11.6 Å². The highest BCUT2D eigenvalue weighted by molar-refractivity contribution is 5.89. The number of carbonyl (C=O) groups is 1. The number of benzene rings is 2. The minimum atomic E-state index is -0.314. The number of ketones is 1. The summed E-state index contributed by atoms with van der Waals surface area (Å²) < 4.78 is 17.9. The molecule has 0 amide bonds. The summed E-state index contributed by atoms with van der Waals surface area (Å²) in [7, 11) is 0. The standard InChI is InChI=1S/C18H11FN2O2.C2H6/c1-12(22)18-20-17(21-23-18)15-9-7-13(8-10-15)5-6-14-3-2-4-16(19)11-14;1-2/h2-4,7-11H,1H3;1-2H3. The van der Waals surface area contributed by atoms with Crippen LogP contribution in [0.15, 0.2) is 53.1 Å². The number of carbonyl (C=O) groups excluding carboxylic acids is 1. The van der Waals surface area contributed by atoms with Crippen LogP contribution in [0.5, 0.6) is 0 Å². The van der Waals surface area contributed by atoms with Gasteiger partial charge in [-0.3, -0.25) is 4.79 Å². The molecule has 0 aliphatic rings. The van der Waals surface area contributed by atoms with Crippen molar-refractivity contribution in [3.8, 4) is 23.2 Å². The maximum absolute atomic E-state index is 13.1. The highest BCUT2D eigenvalue weighted by Crippen LogP contribution is 2.16. The van der Waals surface area contributed by atoms with E-state index in [9.17, 15) is 9.18 Å². The lowest BCUT2D eigenvalue weighted by atomic mass is 10.1. The number of rotatable bonds is 2. The molecule has 3 rings (SSSR count). The fraction of sp³-hybridized carbons (Fsp3) is 0.150. The molecule has 5 heteroatoms. The van der Waals surface area contributed by atoms with Gasteiger partial charge in [0.15, 0.2) is 0 Å². The van der Waals surface area contributed by atoms with Crippen LogP contribution < -0.4 is 0 Å². The van der Waals surface area contributed by atoms with Crippen molar-refractivity contribution in [1.82, 2.24) is 10.1 Å². The SMILES string of the molecule is CC.CC(=O)c1nc(-c2ccc(C#Cc3cccc(F)c3)cc2)no1. The van der Waals surface area contributed by atoms with Crippen molar-refractivity contribution in [2.24, 2.45) is 0 Å². The van der Waals surface area contributed by atoms with Gasteiger partial charge < -0.3 is 4.52 Å². The summed E-state index contributed by atoms with van der Waals surface area (Å²) in [6, 6.07) is 13.3. The summed E-state index contributed by atoms with van der Waals surface area (Å²) in [5, 5.41) is 3.76. The Morgan fingerprint density at radius 2 is 1.72 bits per heavy atom. The van der Waals surface area contributed by atoms with E-state index in [0.29, 0.717) is 11.4 Å². The van der Waals surface area contributed by atoms with Crippen LogP contribution in [0.3, 0.4) is 0 Å². The van der Waals surface area contributed by atoms with Crippen molar-refractivity contribution >= 4 is 5.78 Å². The number of halogens is 1. The fourth-order valence-electron chi connectivity index (χ4n) is 1.90. The number of hydrogen-bond donors (Lipinski definition) is 0. The second-order valence-corrected chi connectivity index (χ2v) is 4.82. The third kappa shape index (κ3) is 4.85. The number of aromatic nitrogens is 2. The monoisotopic (exact) mass is 336 g/mol. The Morgan fingerprint density at radius 3 is 2.32 bits per heavy atom. The highest BCUT2D eigenvalue weighted by Gasteiger charge is 2.11. The van der Waals surface area contributed by atoms with Gasteiger partial charge in [-0.2, -0.15) is 4.98 Å². The maximum atomic E-state index is 13.1. The molecule has 0 aliphatic carbocycles. The molecule has 0 bridgehead atoms. The summed E-state index contributed by atoms with van der Waals surface area (Å²) in [4.78, 5) is 15.2. The minimum Gasteiger partial charge on any atom is -0.330 e. The molecule has 0 aliphatic heterocycles. The van der Waals surface area contributed by atoms with Crippen molar-refractivity contribution in [2.75, 3.05) is 0 Å². The van der Waals surface area contributed by atoms with Gasteiger partial charge in [-0.05, 0) is 42.5 Å². The van der Waals surface area contributed by atoms with Crippen LogP contribution >= 0.6 is 0 Å². The van der Waals surface area contributed by atoms with Crippen LogP contribution in [0, 0.1) is 17.7 Å². The number of hydrogen-bond acceptors (Lipinski definition) is 4. The molecule has 0 spiro atoms. The normalized spacial score (nSPS) is 9.44. The molecule has 0 saturated carbocycles. The summed E-state index contributed by atoms with van der Waals surface area (Å²) in [6.45, 7) is 5.36. The molecule has 25 heavy (non-hydrogen) atoms. The molecule has 1 heterocycles. The molecule has 3 aromatic rings. The van der Waals surface area contributed by atoms with Crippen LogP contribution in [0.1, 0.15) is 42.6 Å². The molecule has 126 valence electrons. The topological polar surface area (TPSA) is 56.0 Å². The average molecular weight is 336 g/mol. The van der Waals surface area contributed by atoms with E-state index in [4.69, 9.17) is 4.52 Å². The lowest BCUT2D eigenvalue weighted by Gasteiger charge is -1.95. The first-order chi connectivity index (χ1) is 12.1. The van der Waals surface area contributed by atoms with Gasteiger partial charge in [0, 0.05) is 23.6 Å². The van der Waals surface area contributed by atoms with Gasteiger partial charge in [0.1, 0.15) is 5.82 Å². The molecular formula is C20H17FN2O2. The van der Waals surface area contributed by atoms with Gasteiger partial charge in [-0.15, -0.1) is 0 Å². The number of nitrogens with zero attached hydrogens (tertiary/aromatic N) is 2. The number of Topliss-reactive ketones (excluding diaryl/α,β-unsaturated/α-hetero) is 1. The van der Waals surface area contributed by atoms with Crippen LogP contribution in [0.2, 0.25) is 0 Å². The van der Waals surface area contributed by atoms with E-state index in [2.05, 4.69) is 22.0 Å². The van der Waals surface area contributed by atoms with Crippen molar-refractivity contribution in [3.63, 3.8) is 0 Å². The zero-order chi connectivity index (χ0) is 18.2. The molecule has 0 unspecified atom stereocenters. The van der Waals surface area contributed by atoms with Crippen molar-refractivity contribution < 1.29 is 13.7 Å². The van der Waals surface area contributed by atoms with Crippen LogP contribution in [0.25, 0.3) is 11.4 Å². The summed E-state index contributed by atoms with van der Waals surface area (Å²) in [5.41, 5.74) is 2.10. The highest BCUT2D eigenvalue weighted by atomic mass is 19.1. The Labute approximate surface area is 145 Å². The Morgan fingerprint density at radius 1 is 1.04 bits per heavy atom. The van der Waals surface area contributed by atoms with E-state index in [1.165, 1.54) is 19.1 Å². The largest absolute Gasteiger partial charge is 0.330 e. The van der Waals surface area contributed by atoms with E-state index < -0.39 is 0 Å². The summed E-state index contributed by atoms with van der Waals surface area (Å²) in [6.07, 6.45) is 0. The second-order valence-electron chi connectivity index (χ2n) is 4.82. The van der Waals surface area contributed by atoms with Crippen molar-refractivity contribution in [1.29, 1.82) is 0 Å². The Balaban J connectivity index is 0.00000109. The predicted molar refractivity (Wildman–Crippen MR) is 93.5 cm³/mol. The third-order valence-electron chi connectivity index (χ3n) is 3.05. The minimum absolute atomic E-state index is 0.0185. The fourth-order valence-corrected chi connectivity index (χ4v) is 1.90. The van der Waals surface area contributed by atoms with Crippen LogP contribution in [0.4, 0.5) is 4.39 Å². The molecule has 0 atom stereocenters. The molecule has 4 nitrogen and oxygen atoms in total. The van der Waals surface area contributed by atoms with E-state index in [1.807, 2.05) is 13.8 Å². The van der Waals surface area contributed by atoms with Crippen LogP contribution in [-0.2, 0) is 0 Å². The molecule has 0 radical (unpaired) electrons. The lowest BCUT2D eigenvalue weighted by Crippen LogP contribution is -1.91. The quantitative estimate of drug-likeness (QED) is 0.510.